The number of benzene rings is 1. The van der Waals surface area contributed by atoms with Gasteiger partial charge in [-0.2, -0.15) is 0 Å². The number of hydrogen-bond donors (Lipinski definition) is 1. The van der Waals surface area contributed by atoms with Crippen molar-refractivity contribution in [1.82, 2.24) is 10.2 Å². The van der Waals surface area contributed by atoms with E-state index in [0.29, 0.717) is 17.3 Å². The fourth-order valence-electron chi connectivity index (χ4n) is 3.26. The first-order valence-corrected chi connectivity index (χ1v) is 8.35. The first kappa shape index (κ1) is 16.1. The van der Waals surface area contributed by atoms with Crippen molar-refractivity contribution >= 4 is 33.7 Å². The molecule has 7 heteroatoms. The van der Waals surface area contributed by atoms with E-state index in [2.05, 4.69) is 21.2 Å². The topological polar surface area (TPSA) is 66.5 Å². The van der Waals surface area contributed by atoms with E-state index in [4.69, 9.17) is 0 Å². The fourth-order valence-corrected chi connectivity index (χ4v) is 3.59. The number of hydrogen-bond acceptors (Lipinski definition) is 3. The molecular formula is C16H16BrFN2O3. The van der Waals surface area contributed by atoms with Gasteiger partial charge in [-0.3, -0.25) is 14.5 Å². The Kier molecular flexibility index (Phi) is 4.23. The fraction of sp³-hybridized carbons (Fsp3) is 0.438. The number of nitrogens with one attached hydrogen (secondary N) is 1. The third-order valence-electron chi connectivity index (χ3n) is 4.49. The molecule has 5 nitrogen and oxygen atoms in total. The maximum atomic E-state index is 13.9. The average molecular weight is 383 g/mol. The number of imide groups is 1. The molecule has 2 fully saturated rings. The normalized spacial score (nSPS) is 20.0. The van der Waals surface area contributed by atoms with Crippen molar-refractivity contribution in [2.75, 3.05) is 6.54 Å². The molecule has 2 aliphatic rings. The van der Waals surface area contributed by atoms with Gasteiger partial charge in [0, 0.05) is 4.47 Å². The lowest BCUT2D eigenvalue weighted by molar-refractivity contribution is -0.132. The Morgan fingerprint density at radius 1 is 1.26 bits per heavy atom. The van der Waals surface area contributed by atoms with E-state index in [1.807, 2.05) is 0 Å². The Bertz CT molecular complexity index is 686. The van der Waals surface area contributed by atoms with Crippen LogP contribution in [0.1, 0.15) is 42.5 Å². The number of ketones is 1. The predicted molar refractivity (Wildman–Crippen MR) is 84.5 cm³/mol. The molecule has 0 atom stereocenters. The molecular weight excluding hydrogens is 367 g/mol. The molecule has 122 valence electrons. The molecule has 1 aliphatic carbocycles. The smallest absolute Gasteiger partial charge is 0.323 e. The Morgan fingerprint density at radius 3 is 2.61 bits per heavy atom. The van der Waals surface area contributed by atoms with Crippen LogP contribution < -0.4 is 5.32 Å². The summed E-state index contributed by atoms with van der Waals surface area (Å²) in [5.74, 6) is -1.64. The number of carbonyl (C=O) groups is 3. The average Bonchev–Trinajstić information content (AvgIpc) is 2.72. The summed E-state index contributed by atoms with van der Waals surface area (Å²) < 4.78 is 14.4. The summed E-state index contributed by atoms with van der Waals surface area (Å²) in [6.45, 7) is -0.440. The van der Waals surface area contributed by atoms with Crippen molar-refractivity contribution in [2.24, 2.45) is 0 Å². The monoisotopic (exact) mass is 382 g/mol. The molecule has 1 saturated carbocycles. The van der Waals surface area contributed by atoms with Crippen molar-refractivity contribution in [2.45, 2.75) is 37.6 Å². The van der Waals surface area contributed by atoms with Gasteiger partial charge >= 0.3 is 6.03 Å². The van der Waals surface area contributed by atoms with Crippen molar-refractivity contribution in [3.8, 4) is 0 Å². The van der Waals surface area contributed by atoms with Crippen LogP contribution in [0.15, 0.2) is 22.7 Å². The lowest BCUT2D eigenvalue weighted by Crippen LogP contribution is -2.48. The van der Waals surface area contributed by atoms with Crippen LogP contribution in [0.4, 0.5) is 9.18 Å². The molecule has 1 aromatic carbocycles. The van der Waals surface area contributed by atoms with E-state index in [0.717, 1.165) is 24.2 Å². The Labute approximate surface area is 141 Å². The number of carbonyl (C=O) groups excluding carboxylic acids is 3. The minimum Gasteiger partial charge on any atom is -0.323 e. The molecule has 1 aromatic rings. The van der Waals surface area contributed by atoms with E-state index in [9.17, 15) is 18.8 Å². The van der Waals surface area contributed by atoms with Crippen LogP contribution in [-0.2, 0) is 4.79 Å². The lowest BCUT2D eigenvalue weighted by Gasteiger charge is -2.30. The predicted octanol–water partition coefficient (Wildman–Crippen LogP) is 3.03. The van der Waals surface area contributed by atoms with Crippen LogP contribution >= 0.6 is 15.9 Å². The molecule has 0 bridgehead atoms. The van der Waals surface area contributed by atoms with Gasteiger partial charge in [0.15, 0.2) is 5.78 Å². The van der Waals surface area contributed by atoms with E-state index in [-0.39, 0.29) is 11.5 Å². The van der Waals surface area contributed by atoms with Crippen LogP contribution in [0.2, 0.25) is 0 Å². The summed E-state index contributed by atoms with van der Waals surface area (Å²) in [5.41, 5.74) is -0.994. The summed E-state index contributed by atoms with van der Waals surface area (Å²) >= 11 is 3.12. The van der Waals surface area contributed by atoms with Gasteiger partial charge in [-0.25, -0.2) is 9.18 Å². The third-order valence-corrected chi connectivity index (χ3v) is 4.98. The van der Waals surface area contributed by atoms with E-state index >= 15 is 0 Å². The molecule has 1 heterocycles. The van der Waals surface area contributed by atoms with Gasteiger partial charge in [0.2, 0.25) is 0 Å². The highest BCUT2D eigenvalue weighted by Gasteiger charge is 2.51. The van der Waals surface area contributed by atoms with Crippen LogP contribution in [-0.4, -0.2) is 34.7 Å². The van der Waals surface area contributed by atoms with Crippen molar-refractivity contribution in [3.63, 3.8) is 0 Å². The van der Waals surface area contributed by atoms with Crippen molar-refractivity contribution in [3.05, 3.63) is 34.1 Å². The first-order valence-electron chi connectivity index (χ1n) is 7.55. The maximum Gasteiger partial charge on any atom is 0.325 e. The first-order chi connectivity index (χ1) is 10.9. The molecule has 1 aliphatic heterocycles. The maximum absolute atomic E-state index is 13.9. The van der Waals surface area contributed by atoms with E-state index in [1.54, 1.807) is 6.07 Å². The Morgan fingerprint density at radius 2 is 1.96 bits per heavy atom. The summed E-state index contributed by atoms with van der Waals surface area (Å²) in [7, 11) is 0. The van der Waals surface area contributed by atoms with Gasteiger partial charge in [-0.05, 0) is 31.0 Å². The minimum atomic E-state index is -0.867. The second-order valence-electron chi connectivity index (χ2n) is 6.01. The number of Topliss-reactive ketones (excluding diaryl/α,β-unsaturated/α-hetero) is 1. The standard InChI is InChI=1S/C16H16BrFN2O3/c17-10-4-5-11(12(18)8-10)13(21)9-20-14(22)16(19-15(20)23)6-2-1-3-7-16/h4-5,8H,1-3,6-7,9H2,(H,19,23). The zero-order chi connectivity index (χ0) is 16.6. The molecule has 0 radical (unpaired) electrons. The quantitative estimate of drug-likeness (QED) is 0.645. The highest BCUT2D eigenvalue weighted by molar-refractivity contribution is 9.10. The van der Waals surface area contributed by atoms with Gasteiger partial charge in [-0.1, -0.05) is 35.2 Å². The molecule has 0 unspecified atom stereocenters. The highest BCUT2D eigenvalue weighted by atomic mass is 79.9. The zero-order valence-electron chi connectivity index (χ0n) is 12.4. The van der Waals surface area contributed by atoms with E-state index < -0.39 is 29.7 Å². The Balaban J connectivity index is 1.78. The molecule has 1 spiro atoms. The summed E-state index contributed by atoms with van der Waals surface area (Å²) in [6, 6.07) is 3.51. The number of nitrogens with zero attached hydrogens (tertiary/aromatic N) is 1. The van der Waals surface area contributed by atoms with Gasteiger partial charge in [0.1, 0.15) is 11.4 Å². The number of amides is 3. The zero-order valence-corrected chi connectivity index (χ0v) is 14.0. The van der Waals surface area contributed by atoms with Crippen LogP contribution in [0, 0.1) is 5.82 Å². The summed E-state index contributed by atoms with van der Waals surface area (Å²) in [6.07, 6.45) is 3.96. The second-order valence-corrected chi connectivity index (χ2v) is 6.93. The van der Waals surface area contributed by atoms with E-state index in [1.165, 1.54) is 12.1 Å². The van der Waals surface area contributed by atoms with Crippen molar-refractivity contribution in [1.29, 1.82) is 0 Å². The third kappa shape index (κ3) is 2.89. The SMILES string of the molecule is O=C(CN1C(=O)NC2(CCCCC2)C1=O)c1ccc(Br)cc1F. The van der Waals surface area contributed by atoms with Gasteiger partial charge in [0.25, 0.3) is 5.91 Å². The lowest BCUT2D eigenvalue weighted by atomic mass is 9.82. The molecule has 1 N–H and O–H groups in total. The van der Waals surface area contributed by atoms with Gasteiger partial charge in [-0.15, -0.1) is 0 Å². The molecule has 3 rings (SSSR count). The number of rotatable bonds is 3. The summed E-state index contributed by atoms with van der Waals surface area (Å²) in [5, 5.41) is 2.73. The van der Waals surface area contributed by atoms with Crippen LogP contribution in [0.5, 0.6) is 0 Å². The molecule has 3 amide bonds. The Hall–Kier alpha value is -1.76. The number of urea groups is 1. The molecule has 0 aromatic heterocycles. The number of halogens is 2. The van der Waals surface area contributed by atoms with Crippen LogP contribution in [0.3, 0.4) is 0 Å². The second kappa shape index (κ2) is 6.03. The molecule has 23 heavy (non-hydrogen) atoms. The molecule has 1 saturated heterocycles. The minimum absolute atomic E-state index is 0.126. The highest BCUT2D eigenvalue weighted by Crippen LogP contribution is 2.33. The van der Waals surface area contributed by atoms with Gasteiger partial charge < -0.3 is 5.32 Å². The summed E-state index contributed by atoms with van der Waals surface area (Å²) in [4.78, 5) is 37.9. The van der Waals surface area contributed by atoms with Gasteiger partial charge in [0.05, 0.1) is 12.1 Å². The van der Waals surface area contributed by atoms with Crippen molar-refractivity contribution < 1.29 is 18.8 Å². The van der Waals surface area contributed by atoms with Crippen LogP contribution in [0.25, 0.3) is 0 Å². The largest absolute Gasteiger partial charge is 0.325 e.